The van der Waals surface area contributed by atoms with Crippen LogP contribution in [0.3, 0.4) is 0 Å². The van der Waals surface area contributed by atoms with Gasteiger partial charge in [-0.3, -0.25) is 0 Å². The van der Waals surface area contributed by atoms with Gasteiger partial charge in [0.2, 0.25) is 5.95 Å². The number of hydrogen-bond acceptors (Lipinski definition) is 4. The summed E-state index contributed by atoms with van der Waals surface area (Å²) in [5.74, 6) is 0.732. The Morgan fingerprint density at radius 1 is 1.06 bits per heavy atom. The molecular weight excluding hydrogens is 212 g/mol. The summed E-state index contributed by atoms with van der Waals surface area (Å²) in [7, 11) is 1.98. The summed E-state index contributed by atoms with van der Waals surface area (Å²) in [5.41, 5.74) is 7.93. The number of hydrogen-bond donors (Lipinski definition) is 1. The van der Waals surface area contributed by atoms with E-state index in [9.17, 15) is 0 Å². The van der Waals surface area contributed by atoms with Crippen LogP contribution < -0.4 is 10.6 Å². The van der Waals surface area contributed by atoms with Gasteiger partial charge < -0.3 is 10.6 Å². The van der Waals surface area contributed by atoms with E-state index in [1.54, 1.807) is 12.4 Å². The zero-order valence-electron chi connectivity index (χ0n) is 9.87. The summed E-state index contributed by atoms with van der Waals surface area (Å²) < 4.78 is 0. The third kappa shape index (κ3) is 3.01. The number of anilines is 1. The summed E-state index contributed by atoms with van der Waals surface area (Å²) in [5, 5.41) is 0. The predicted molar refractivity (Wildman–Crippen MR) is 68.5 cm³/mol. The Labute approximate surface area is 101 Å². The highest BCUT2D eigenvalue weighted by Crippen LogP contribution is 2.10. The molecule has 0 bridgehead atoms. The molecule has 0 radical (unpaired) electrons. The van der Waals surface area contributed by atoms with E-state index in [4.69, 9.17) is 5.73 Å². The van der Waals surface area contributed by atoms with Crippen LogP contribution in [0.15, 0.2) is 42.7 Å². The Kier molecular flexibility index (Phi) is 3.67. The molecule has 17 heavy (non-hydrogen) atoms. The smallest absolute Gasteiger partial charge is 0.225 e. The van der Waals surface area contributed by atoms with Crippen LogP contribution in [-0.2, 0) is 13.1 Å². The van der Waals surface area contributed by atoms with E-state index in [1.807, 2.05) is 18.0 Å². The lowest BCUT2D eigenvalue weighted by atomic mass is 10.1. The maximum absolute atomic E-state index is 5.56. The lowest BCUT2D eigenvalue weighted by Crippen LogP contribution is -2.18. The molecule has 0 saturated carbocycles. The van der Waals surface area contributed by atoms with Gasteiger partial charge in [0.05, 0.1) is 0 Å². The molecule has 4 nitrogen and oxygen atoms in total. The average molecular weight is 228 g/mol. The Bertz CT molecular complexity index is 453. The van der Waals surface area contributed by atoms with Crippen molar-refractivity contribution in [2.75, 3.05) is 11.9 Å². The molecule has 0 aliphatic carbocycles. The molecule has 0 spiro atoms. The van der Waals surface area contributed by atoms with Crippen LogP contribution in [0.4, 0.5) is 5.95 Å². The monoisotopic (exact) mass is 228 g/mol. The van der Waals surface area contributed by atoms with E-state index in [0.29, 0.717) is 6.54 Å². The third-order valence-corrected chi connectivity index (χ3v) is 2.57. The first-order chi connectivity index (χ1) is 8.29. The van der Waals surface area contributed by atoms with Crippen LogP contribution in [-0.4, -0.2) is 17.0 Å². The Morgan fingerprint density at radius 2 is 1.65 bits per heavy atom. The SMILES string of the molecule is CN(Cc1ccc(CN)cc1)c1ncccn1. The first-order valence-electron chi connectivity index (χ1n) is 5.55. The normalized spacial score (nSPS) is 10.2. The van der Waals surface area contributed by atoms with Gasteiger partial charge in [0.1, 0.15) is 0 Å². The van der Waals surface area contributed by atoms with Crippen molar-refractivity contribution in [3.8, 4) is 0 Å². The summed E-state index contributed by atoms with van der Waals surface area (Å²) in [6.07, 6.45) is 3.49. The molecule has 0 atom stereocenters. The fourth-order valence-corrected chi connectivity index (χ4v) is 1.61. The maximum Gasteiger partial charge on any atom is 0.225 e. The van der Waals surface area contributed by atoms with Gasteiger partial charge in [-0.25, -0.2) is 9.97 Å². The molecule has 0 amide bonds. The number of aromatic nitrogens is 2. The summed E-state index contributed by atoms with van der Waals surface area (Å²) >= 11 is 0. The molecule has 1 aromatic carbocycles. The van der Waals surface area contributed by atoms with E-state index in [2.05, 4.69) is 34.2 Å². The summed E-state index contributed by atoms with van der Waals surface area (Å²) in [4.78, 5) is 10.4. The molecular formula is C13H16N4. The minimum absolute atomic E-state index is 0.581. The molecule has 0 aliphatic heterocycles. The van der Waals surface area contributed by atoms with Gasteiger partial charge in [-0.1, -0.05) is 24.3 Å². The average Bonchev–Trinajstić information content (AvgIpc) is 2.40. The van der Waals surface area contributed by atoms with Crippen molar-refractivity contribution >= 4 is 5.95 Å². The molecule has 4 heteroatoms. The first-order valence-corrected chi connectivity index (χ1v) is 5.55. The van der Waals surface area contributed by atoms with Gasteiger partial charge in [-0.05, 0) is 17.2 Å². The van der Waals surface area contributed by atoms with Crippen LogP contribution in [0.1, 0.15) is 11.1 Å². The van der Waals surface area contributed by atoms with E-state index < -0.39 is 0 Å². The van der Waals surface area contributed by atoms with Crippen molar-refractivity contribution < 1.29 is 0 Å². The lowest BCUT2D eigenvalue weighted by Gasteiger charge is -2.16. The minimum Gasteiger partial charge on any atom is -0.340 e. The fraction of sp³-hybridized carbons (Fsp3) is 0.231. The van der Waals surface area contributed by atoms with Gasteiger partial charge in [0.25, 0.3) is 0 Å². The number of rotatable bonds is 4. The molecule has 1 heterocycles. The third-order valence-electron chi connectivity index (χ3n) is 2.57. The highest BCUT2D eigenvalue weighted by atomic mass is 15.2. The quantitative estimate of drug-likeness (QED) is 0.863. The second-order valence-corrected chi connectivity index (χ2v) is 3.93. The number of nitrogens with two attached hydrogens (primary N) is 1. The number of benzene rings is 1. The van der Waals surface area contributed by atoms with Crippen LogP contribution in [0.5, 0.6) is 0 Å². The standard InChI is InChI=1S/C13H16N4/c1-17(13-15-7-2-8-16-13)10-12-5-3-11(9-14)4-6-12/h2-8H,9-10,14H2,1H3. The Morgan fingerprint density at radius 3 is 2.24 bits per heavy atom. The van der Waals surface area contributed by atoms with Crippen molar-refractivity contribution in [2.24, 2.45) is 5.73 Å². The van der Waals surface area contributed by atoms with Gasteiger partial charge >= 0.3 is 0 Å². The minimum atomic E-state index is 0.581. The van der Waals surface area contributed by atoms with E-state index >= 15 is 0 Å². The lowest BCUT2D eigenvalue weighted by molar-refractivity contribution is 0.865. The predicted octanol–water partition coefficient (Wildman–Crippen LogP) is 1.57. The molecule has 2 N–H and O–H groups in total. The van der Waals surface area contributed by atoms with Crippen LogP contribution in [0.25, 0.3) is 0 Å². The molecule has 0 fully saturated rings. The molecule has 88 valence electrons. The molecule has 1 aromatic heterocycles. The first kappa shape index (κ1) is 11.5. The molecule has 0 unspecified atom stereocenters. The maximum atomic E-state index is 5.56. The Hall–Kier alpha value is -1.94. The highest BCUT2D eigenvalue weighted by molar-refractivity contribution is 5.31. The topological polar surface area (TPSA) is 55.0 Å². The van der Waals surface area contributed by atoms with Gasteiger partial charge in [0, 0.05) is 32.5 Å². The van der Waals surface area contributed by atoms with Crippen molar-refractivity contribution in [1.29, 1.82) is 0 Å². The summed E-state index contributed by atoms with van der Waals surface area (Å²) in [6.45, 7) is 1.37. The van der Waals surface area contributed by atoms with E-state index in [-0.39, 0.29) is 0 Å². The zero-order valence-corrected chi connectivity index (χ0v) is 9.87. The van der Waals surface area contributed by atoms with Crippen LogP contribution in [0.2, 0.25) is 0 Å². The second kappa shape index (κ2) is 5.41. The van der Waals surface area contributed by atoms with Gasteiger partial charge in [-0.2, -0.15) is 0 Å². The van der Waals surface area contributed by atoms with Gasteiger partial charge in [-0.15, -0.1) is 0 Å². The number of nitrogens with zero attached hydrogens (tertiary/aromatic N) is 3. The van der Waals surface area contributed by atoms with Crippen LogP contribution in [0, 0.1) is 0 Å². The second-order valence-electron chi connectivity index (χ2n) is 3.93. The van der Waals surface area contributed by atoms with Crippen molar-refractivity contribution in [1.82, 2.24) is 9.97 Å². The van der Waals surface area contributed by atoms with Crippen molar-refractivity contribution in [3.63, 3.8) is 0 Å². The molecule has 2 rings (SSSR count). The van der Waals surface area contributed by atoms with E-state index in [0.717, 1.165) is 18.1 Å². The van der Waals surface area contributed by atoms with Crippen molar-refractivity contribution in [3.05, 3.63) is 53.9 Å². The molecule has 0 saturated heterocycles. The van der Waals surface area contributed by atoms with E-state index in [1.165, 1.54) is 5.56 Å². The largest absolute Gasteiger partial charge is 0.340 e. The molecule has 2 aromatic rings. The fourth-order valence-electron chi connectivity index (χ4n) is 1.61. The van der Waals surface area contributed by atoms with Gasteiger partial charge in [0.15, 0.2) is 0 Å². The highest BCUT2D eigenvalue weighted by Gasteiger charge is 2.03. The van der Waals surface area contributed by atoms with Crippen LogP contribution >= 0.6 is 0 Å². The molecule has 0 aliphatic rings. The summed E-state index contributed by atoms with van der Waals surface area (Å²) in [6, 6.07) is 10.1. The Balaban J connectivity index is 2.05. The van der Waals surface area contributed by atoms with Crippen molar-refractivity contribution in [2.45, 2.75) is 13.1 Å². The zero-order chi connectivity index (χ0) is 12.1.